The molecule has 10 heteroatoms. The van der Waals surface area contributed by atoms with Crippen molar-refractivity contribution in [3.8, 4) is 0 Å². The summed E-state index contributed by atoms with van der Waals surface area (Å²) in [5.74, 6) is -1.20. The van der Waals surface area contributed by atoms with Crippen molar-refractivity contribution in [3.05, 3.63) is 64.7 Å². The van der Waals surface area contributed by atoms with Crippen LogP contribution >= 0.6 is 11.6 Å². The molecule has 0 aliphatic carbocycles. The van der Waals surface area contributed by atoms with Gasteiger partial charge in [0.05, 0.1) is 24.2 Å². The summed E-state index contributed by atoms with van der Waals surface area (Å²) in [6.07, 6.45) is 1.42. The molecule has 2 amide bonds. The number of carbonyl (C=O) groups excluding carboxylic acids is 2. The first-order chi connectivity index (χ1) is 13.3. The maximum atomic E-state index is 12.1. The average Bonchev–Trinajstić information content (AvgIpc) is 2.67. The van der Waals surface area contributed by atoms with Crippen molar-refractivity contribution < 1.29 is 18.0 Å². The third-order valence-electron chi connectivity index (χ3n) is 3.47. The van der Waals surface area contributed by atoms with Gasteiger partial charge >= 0.3 is 0 Å². The highest BCUT2D eigenvalue weighted by atomic mass is 35.5. The number of nitrogens with zero attached hydrogens (tertiary/aromatic N) is 1. The number of halogens is 1. The second kappa shape index (κ2) is 9.98. The summed E-state index contributed by atoms with van der Waals surface area (Å²) in [7, 11) is -3.80. The monoisotopic (exact) mass is 422 g/mol. The minimum atomic E-state index is -3.80. The summed E-state index contributed by atoms with van der Waals surface area (Å²) in [4.78, 5) is 23.4. The van der Waals surface area contributed by atoms with Crippen LogP contribution in [0.15, 0.2) is 58.5 Å². The standard InChI is InChI=1S/C18H19ClN4O4S/c1-13-2-8-16(9-3-13)28(26,27)22-12-17(24)20-11-18(25)23-21-10-14-4-6-15(19)7-5-14/h2-10,22H,11-12H2,1H3,(H,20,24)(H,23,25)/b21-10+. The molecule has 0 spiro atoms. The fraction of sp³-hybridized carbons (Fsp3) is 0.167. The van der Waals surface area contributed by atoms with E-state index >= 15 is 0 Å². The van der Waals surface area contributed by atoms with Crippen LogP contribution in [0.25, 0.3) is 0 Å². The third-order valence-corrected chi connectivity index (χ3v) is 5.14. The Morgan fingerprint density at radius 2 is 1.64 bits per heavy atom. The number of benzene rings is 2. The van der Waals surface area contributed by atoms with Crippen molar-refractivity contribution in [3.63, 3.8) is 0 Å². The molecule has 8 nitrogen and oxygen atoms in total. The van der Waals surface area contributed by atoms with Crippen molar-refractivity contribution in [1.29, 1.82) is 0 Å². The van der Waals surface area contributed by atoms with Gasteiger partial charge in [-0.2, -0.15) is 5.10 Å². The van der Waals surface area contributed by atoms with Crippen LogP contribution in [0.3, 0.4) is 0 Å². The lowest BCUT2D eigenvalue weighted by atomic mass is 10.2. The van der Waals surface area contributed by atoms with Gasteiger partial charge in [0.2, 0.25) is 15.9 Å². The van der Waals surface area contributed by atoms with Crippen LogP contribution in [0, 0.1) is 6.92 Å². The van der Waals surface area contributed by atoms with Gasteiger partial charge in [-0.25, -0.2) is 18.6 Å². The van der Waals surface area contributed by atoms with Gasteiger partial charge in [-0.3, -0.25) is 9.59 Å². The van der Waals surface area contributed by atoms with Gasteiger partial charge in [-0.05, 0) is 36.8 Å². The lowest BCUT2D eigenvalue weighted by Gasteiger charge is -2.07. The molecule has 2 aromatic rings. The minimum Gasteiger partial charge on any atom is -0.346 e. The van der Waals surface area contributed by atoms with E-state index in [0.717, 1.165) is 11.1 Å². The van der Waals surface area contributed by atoms with Gasteiger partial charge in [0, 0.05) is 5.02 Å². The average molecular weight is 423 g/mol. The fourth-order valence-corrected chi connectivity index (χ4v) is 3.08. The lowest BCUT2D eigenvalue weighted by molar-refractivity contribution is -0.125. The molecule has 3 N–H and O–H groups in total. The van der Waals surface area contributed by atoms with E-state index in [-0.39, 0.29) is 11.4 Å². The van der Waals surface area contributed by atoms with E-state index in [4.69, 9.17) is 11.6 Å². The second-order valence-electron chi connectivity index (χ2n) is 5.76. The molecule has 0 heterocycles. The van der Waals surface area contributed by atoms with Crippen LogP contribution in [-0.4, -0.2) is 39.5 Å². The molecule has 0 aliphatic heterocycles. The molecule has 2 rings (SSSR count). The molecule has 0 radical (unpaired) electrons. The highest BCUT2D eigenvalue weighted by molar-refractivity contribution is 7.89. The van der Waals surface area contributed by atoms with E-state index < -0.39 is 28.4 Å². The van der Waals surface area contributed by atoms with Crippen LogP contribution in [0.1, 0.15) is 11.1 Å². The Balaban J connectivity index is 1.73. The first-order valence-electron chi connectivity index (χ1n) is 8.17. The Kier molecular flexibility index (Phi) is 7.68. The quantitative estimate of drug-likeness (QED) is 0.437. The Hall–Kier alpha value is -2.75. The SMILES string of the molecule is Cc1ccc(S(=O)(=O)NCC(=O)NCC(=O)N/N=C/c2ccc(Cl)cc2)cc1. The number of hydrazone groups is 1. The summed E-state index contributed by atoms with van der Waals surface area (Å²) in [6, 6.07) is 13.0. The topological polar surface area (TPSA) is 117 Å². The van der Waals surface area contributed by atoms with Crippen LogP contribution in [0.5, 0.6) is 0 Å². The summed E-state index contributed by atoms with van der Waals surface area (Å²) in [5, 5.41) is 6.64. The molecule has 0 saturated carbocycles. The van der Waals surface area contributed by atoms with Crippen LogP contribution in [-0.2, 0) is 19.6 Å². The molecule has 0 aromatic heterocycles. The number of rotatable bonds is 8. The normalized spacial score (nSPS) is 11.4. The summed E-state index contributed by atoms with van der Waals surface area (Å²) >= 11 is 5.76. The maximum absolute atomic E-state index is 12.1. The maximum Gasteiger partial charge on any atom is 0.259 e. The molecule has 0 unspecified atom stereocenters. The first-order valence-corrected chi connectivity index (χ1v) is 10.0. The fourth-order valence-electron chi connectivity index (χ4n) is 1.97. The van der Waals surface area contributed by atoms with Crippen LogP contribution < -0.4 is 15.5 Å². The molecule has 2 aromatic carbocycles. The Morgan fingerprint density at radius 3 is 2.29 bits per heavy atom. The molecule has 0 atom stereocenters. The predicted octanol–water partition coefficient (Wildman–Crippen LogP) is 1.19. The van der Waals surface area contributed by atoms with Gasteiger partial charge in [-0.15, -0.1) is 0 Å². The Labute approximate surface area is 168 Å². The van der Waals surface area contributed by atoms with E-state index in [9.17, 15) is 18.0 Å². The first kappa shape index (κ1) is 21.5. The van der Waals surface area contributed by atoms with Gasteiger partial charge in [0.1, 0.15) is 0 Å². The third kappa shape index (κ3) is 7.10. The number of carbonyl (C=O) groups is 2. The van der Waals surface area contributed by atoms with E-state index in [0.29, 0.717) is 5.02 Å². The van der Waals surface area contributed by atoms with Crippen molar-refractivity contribution >= 4 is 39.7 Å². The number of sulfonamides is 1. The highest BCUT2D eigenvalue weighted by Crippen LogP contribution is 2.09. The molecule has 0 saturated heterocycles. The summed E-state index contributed by atoms with van der Waals surface area (Å²) in [6.45, 7) is 1.00. The zero-order valence-electron chi connectivity index (χ0n) is 15.0. The van der Waals surface area contributed by atoms with E-state index in [1.54, 1.807) is 36.4 Å². The number of nitrogens with one attached hydrogen (secondary N) is 3. The van der Waals surface area contributed by atoms with Gasteiger partial charge in [-0.1, -0.05) is 41.4 Å². The number of hydrogen-bond acceptors (Lipinski definition) is 5. The Morgan fingerprint density at radius 1 is 1.00 bits per heavy atom. The molecule has 0 fully saturated rings. The summed E-state index contributed by atoms with van der Waals surface area (Å²) in [5.41, 5.74) is 3.90. The van der Waals surface area contributed by atoms with E-state index in [1.807, 2.05) is 6.92 Å². The molecular formula is C18H19ClN4O4S. The van der Waals surface area contributed by atoms with Crippen LogP contribution in [0.4, 0.5) is 0 Å². The smallest absolute Gasteiger partial charge is 0.259 e. The molecule has 0 aliphatic rings. The zero-order valence-corrected chi connectivity index (χ0v) is 16.5. The number of amides is 2. The molecule has 0 bridgehead atoms. The minimum absolute atomic E-state index is 0.0557. The van der Waals surface area contributed by atoms with Gasteiger partial charge < -0.3 is 5.32 Å². The van der Waals surface area contributed by atoms with E-state index in [2.05, 4.69) is 20.6 Å². The van der Waals surface area contributed by atoms with Crippen molar-refractivity contribution in [1.82, 2.24) is 15.5 Å². The molecule has 28 heavy (non-hydrogen) atoms. The van der Waals surface area contributed by atoms with Gasteiger partial charge in [0.15, 0.2) is 0 Å². The molecular weight excluding hydrogens is 404 g/mol. The molecule has 148 valence electrons. The second-order valence-corrected chi connectivity index (χ2v) is 7.96. The summed E-state index contributed by atoms with van der Waals surface area (Å²) < 4.78 is 26.3. The largest absolute Gasteiger partial charge is 0.346 e. The Bertz CT molecular complexity index is 958. The van der Waals surface area contributed by atoms with Crippen molar-refractivity contribution in [2.75, 3.05) is 13.1 Å². The van der Waals surface area contributed by atoms with Crippen molar-refractivity contribution in [2.45, 2.75) is 11.8 Å². The predicted molar refractivity (Wildman–Crippen MR) is 107 cm³/mol. The van der Waals surface area contributed by atoms with Crippen LogP contribution in [0.2, 0.25) is 5.02 Å². The van der Waals surface area contributed by atoms with Gasteiger partial charge in [0.25, 0.3) is 5.91 Å². The van der Waals surface area contributed by atoms with Crippen molar-refractivity contribution in [2.24, 2.45) is 5.10 Å². The number of hydrogen-bond donors (Lipinski definition) is 3. The zero-order chi connectivity index (χ0) is 20.6. The van der Waals surface area contributed by atoms with E-state index in [1.165, 1.54) is 18.3 Å². The highest BCUT2D eigenvalue weighted by Gasteiger charge is 2.15. The number of aryl methyl sites for hydroxylation is 1. The lowest BCUT2D eigenvalue weighted by Crippen LogP contribution is -2.41.